The van der Waals surface area contributed by atoms with E-state index in [-0.39, 0.29) is 5.82 Å². The van der Waals surface area contributed by atoms with Gasteiger partial charge >= 0.3 is 0 Å². The van der Waals surface area contributed by atoms with Gasteiger partial charge in [0.15, 0.2) is 0 Å². The minimum Gasteiger partial charge on any atom is -0.237 e. The van der Waals surface area contributed by atoms with Crippen LogP contribution in [0, 0.1) is 5.82 Å². The highest BCUT2D eigenvalue weighted by Crippen LogP contribution is 2.40. The van der Waals surface area contributed by atoms with E-state index in [1.807, 2.05) is 19.9 Å². The highest BCUT2D eigenvalue weighted by Gasteiger charge is 2.31. The fourth-order valence-corrected chi connectivity index (χ4v) is 2.49. The Hall–Kier alpha value is -1.48. The second-order valence-electron chi connectivity index (χ2n) is 5.85. The largest absolute Gasteiger partial charge is 0.237 e. The molecule has 1 fully saturated rings. The molecule has 0 N–H and O–H groups in total. The van der Waals surface area contributed by atoms with Crippen molar-refractivity contribution >= 4 is 11.6 Å². The summed E-state index contributed by atoms with van der Waals surface area (Å²) in [5.41, 5.74) is 1.60. The van der Waals surface area contributed by atoms with Gasteiger partial charge in [0.25, 0.3) is 0 Å². The highest BCUT2D eigenvalue weighted by molar-refractivity contribution is 6.29. The Morgan fingerprint density at radius 1 is 1.15 bits per heavy atom. The number of rotatable bonds is 3. The molecule has 1 aliphatic carbocycles. The third kappa shape index (κ3) is 2.55. The molecule has 20 heavy (non-hydrogen) atoms. The number of halogens is 2. The molecule has 0 aliphatic heterocycles. The Kier molecular flexibility index (Phi) is 3.25. The summed E-state index contributed by atoms with van der Waals surface area (Å²) in [7, 11) is 0. The van der Waals surface area contributed by atoms with Gasteiger partial charge in [-0.25, -0.2) is 14.4 Å². The lowest BCUT2D eigenvalue weighted by molar-refractivity contribution is 0.579. The average molecular weight is 291 g/mol. The molecule has 1 aromatic heterocycles. The summed E-state index contributed by atoms with van der Waals surface area (Å²) in [5.74, 6) is 0.979. The average Bonchev–Trinajstić information content (AvgIpc) is 3.23. The SMILES string of the molecule is CC(C)(c1ccc(F)cc1)c1nc(Cl)cc(C2CC2)n1. The van der Waals surface area contributed by atoms with Gasteiger partial charge in [-0.1, -0.05) is 23.7 Å². The smallest absolute Gasteiger partial charge is 0.140 e. The fourth-order valence-electron chi connectivity index (χ4n) is 2.30. The van der Waals surface area contributed by atoms with Crippen LogP contribution in [0.2, 0.25) is 5.15 Å². The summed E-state index contributed by atoms with van der Waals surface area (Å²) in [6.45, 7) is 4.06. The quantitative estimate of drug-likeness (QED) is 0.779. The molecule has 0 saturated heterocycles. The highest BCUT2D eigenvalue weighted by atomic mass is 35.5. The first-order valence-electron chi connectivity index (χ1n) is 6.78. The fraction of sp³-hybridized carbons (Fsp3) is 0.375. The molecule has 1 aliphatic rings. The van der Waals surface area contributed by atoms with Crippen molar-refractivity contribution in [2.45, 2.75) is 38.0 Å². The van der Waals surface area contributed by atoms with Crippen molar-refractivity contribution in [3.05, 3.63) is 58.4 Å². The van der Waals surface area contributed by atoms with E-state index in [1.54, 1.807) is 12.1 Å². The molecule has 0 radical (unpaired) electrons. The molecular weight excluding hydrogens is 275 g/mol. The van der Waals surface area contributed by atoms with Crippen LogP contribution in [0.25, 0.3) is 0 Å². The summed E-state index contributed by atoms with van der Waals surface area (Å²) in [6.07, 6.45) is 2.34. The Labute approximate surface area is 123 Å². The van der Waals surface area contributed by atoms with Crippen molar-refractivity contribution in [1.82, 2.24) is 9.97 Å². The Bertz CT molecular complexity index is 633. The lowest BCUT2D eigenvalue weighted by atomic mass is 9.83. The van der Waals surface area contributed by atoms with Gasteiger partial charge in [0.2, 0.25) is 0 Å². The van der Waals surface area contributed by atoms with E-state index >= 15 is 0 Å². The molecule has 0 atom stereocenters. The maximum atomic E-state index is 13.1. The molecule has 1 saturated carbocycles. The van der Waals surface area contributed by atoms with Crippen molar-refractivity contribution in [2.75, 3.05) is 0 Å². The van der Waals surface area contributed by atoms with E-state index in [1.165, 1.54) is 25.0 Å². The number of hydrogen-bond donors (Lipinski definition) is 0. The van der Waals surface area contributed by atoms with Gasteiger partial charge in [-0.05, 0) is 50.5 Å². The molecule has 2 nitrogen and oxygen atoms in total. The molecular formula is C16H16ClFN2. The predicted octanol–water partition coefficient (Wildman–Crippen LogP) is 4.47. The zero-order valence-electron chi connectivity index (χ0n) is 11.5. The van der Waals surface area contributed by atoms with Gasteiger partial charge in [0.05, 0.1) is 0 Å². The van der Waals surface area contributed by atoms with E-state index in [9.17, 15) is 4.39 Å². The van der Waals surface area contributed by atoms with Gasteiger partial charge < -0.3 is 0 Å². The molecule has 1 aromatic carbocycles. The summed E-state index contributed by atoms with van der Waals surface area (Å²) >= 11 is 6.13. The van der Waals surface area contributed by atoms with Gasteiger partial charge in [-0.3, -0.25) is 0 Å². The molecule has 4 heteroatoms. The van der Waals surface area contributed by atoms with E-state index in [4.69, 9.17) is 11.6 Å². The number of aromatic nitrogens is 2. The Morgan fingerprint density at radius 3 is 2.40 bits per heavy atom. The third-order valence-electron chi connectivity index (χ3n) is 3.84. The maximum absolute atomic E-state index is 13.1. The van der Waals surface area contributed by atoms with Crippen LogP contribution in [0.15, 0.2) is 30.3 Å². The predicted molar refractivity (Wildman–Crippen MR) is 77.5 cm³/mol. The molecule has 0 amide bonds. The molecule has 2 aromatic rings. The van der Waals surface area contributed by atoms with Gasteiger partial charge in [-0.15, -0.1) is 0 Å². The number of nitrogens with zero attached hydrogens (tertiary/aromatic N) is 2. The standard InChI is InChI=1S/C16H16ClFN2/c1-16(2,11-5-7-12(18)8-6-11)15-19-13(10-3-4-10)9-14(17)20-15/h5-10H,3-4H2,1-2H3. The first-order valence-corrected chi connectivity index (χ1v) is 7.15. The van der Waals surface area contributed by atoms with Crippen LogP contribution in [0.4, 0.5) is 4.39 Å². The van der Waals surface area contributed by atoms with Crippen LogP contribution in [-0.4, -0.2) is 9.97 Å². The minimum absolute atomic E-state index is 0.241. The number of hydrogen-bond acceptors (Lipinski definition) is 2. The first-order chi connectivity index (χ1) is 9.46. The van der Waals surface area contributed by atoms with Crippen LogP contribution in [-0.2, 0) is 5.41 Å². The monoisotopic (exact) mass is 290 g/mol. The van der Waals surface area contributed by atoms with Crippen LogP contribution < -0.4 is 0 Å². The maximum Gasteiger partial charge on any atom is 0.140 e. The van der Waals surface area contributed by atoms with Crippen molar-refractivity contribution < 1.29 is 4.39 Å². The van der Waals surface area contributed by atoms with Crippen molar-refractivity contribution in [3.63, 3.8) is 0 Å². The van der Waals surface area contributed by atoms with Crippen LogP contribution in [0.5, 0.6) is 0 Å². The number of benzene rings is 1. The second kappa shape index (κ2) is 4.81. The zero-order chi connectivity index (χ0) is 14.3. The van der Waals surface area contributed by atoms with Crippen molar-refractivity contribution in [2.24, 2.45) is 0 Å². The van der Waals surface area contributed by atoms with Crippen LogP contribution in [0.3, 0.4) is 0 Å². The van der Waals surface area contributed by atoms with Gasteiger partial charge in [-0.2, -0.15) is 0 Å². The first kappa shape index (κ1) is 13.5. The van der Waals surface area contributed by atoms with E-state index in [2.05, 4.69) is 9.97 Å². The zero-order valence-corrected chi connectivity index (χ0v) is 12.3. The topological polar surface area (TPSA) is 25.8 Å². The second-order valence-corrected chi connectivity index (χ2v) is 6.23. The lowest BCUT2D eigenvalue weighted by Gasteiger charge is -2.24. The summed E-state index contributed by atoms with van der Waals surface area (Å²) in [6, 6.07) is 8.32. The third-order valence-corrected chi connectivity index (χ3v) is 4.03. The van der Waals surface area contributed by atoms with Crippen LogP contribution >= 0.6 is 11.6 Å². The lowest BCUT2D eigenvalue weighted by Crippen LogP contribution is -2.23. The molecule has 0 unspecified atom stereocenters. The van der Waals surface area contributed by atoms with E-state index < -0.39 is 5.41 Å². The van der Waals surface area contributed by atoms with Crippen molar-refractivity contribution in [3.8, 4) is 0 Å². The molecule has 0 bridgehead atoms. The molecule has 104 valence electrons. The van der Waals surface area contributed by atoms with Gasteiger partial charge in [0.1, 0.15) is 16.8 Å². The Morgan fingerprint density at radius 2 is 1.80 bits per heavy atom. The minimum atomic E-state index is -0.401. The van der Waals surface area contributed by atoms with Crippen LogP contribution in [0.1, 0.15) is 49.7 Å². The van der Waals surface area contributed by atoms with E-state index in [0.717, 1.165) is 11.3 Å². The Balaban J connectivity index is 2.03. The molecule has 1 heterocycles. The van der Waals surface area contributed by atoms with E-state index in [0.29, 0.717) is 16.9 Å². The molecule has 3 rings (SSSR count). The normalized spacial score (nSPS) is 15.4. The summed E-state index contributed by atoms with van der Waals surface area (Å²) in [5, 5.41) is 0.479. The molecule has 0 spiro atoms. The van der Waals surface area contributed by atoms with Gasteiger partial charge in [0, 0.05) is 17.0 Å². The summed E-state index contributed by atoms with van der Waals surface area (Å²) in [4.78, 5) is 9.05. The van der Waals surface area contributed by atoms with Crippen molar-refractivity contribution in [1.29, 1.82) is 0 Å². The summed E-state index contributed by atoms with van der Waals surface area (Å²) < 4.78 is 13.1.